The fourth-order valence-electron chi connectivity index (χ4n) is 6.46. The lowest BCUT2D eigenvalue weighted by atomic mass is 9.72. The third kappa shape index (κ3) is 4.50. The molecule has 33 heavy (non-hydrogen) atoms. The maximum atomic E-state index is 4.18. The van der Waals surface area contributed by atoms with Gasteiger partial charge < -0.3 is 4.90 Å². The van der Waals surface area contributed by atoms with Gasteiger partial charge in [0.15, 0.2) is 0 Å². The zero-order valence-corrected chi connectivity index (χ0v) is 22.3. The summed E-state index contributed by atoms with van der Waals surface area (Å²) in [5, 5.41) is 0. The molecule has 2 aliphatic rings. The first-order chi connectivity index (χ1) is 15.7. The van der Waals surface area contributed by atoms with Crippen molar-refractivity contribution >= 4 is 5.69 Å². The van der Waals surface area contributed by atoms with Crippen molar-refractivity contribution in [2.75, 3.05) is 4.90 Å². The van der Waals surface area contributed by atoms with Gasteiger partial charge in [0.1, 0.15) is 0 Å². The Morgan fingerprint density at radius 1 is 0.667 bits per heavy atom. The van der Waals surface area contributed by atoms with Gasteiger partial charge in [0, 0.05) is 17.6 Å². The lowest BCUT2D eigenvalue weighted by Crippen LogP contribution is -2.35. The molecule has 0 bridgehead atoms. The maximum Gasteiger partial charge on any atom is 0.0999 e. The molecule has 2 fully saturated rings. The molecule has 0 amide bonds. The second kappa shape index (κ2) is 9.85. The minimum Gasteiger partial charge on any atom is -0.356 e. The molecule has 0 N–H and O–H groups in total. The van der Waals surface area contributed by atoms with E-state index in [1.54, 1.807) is 5.56 Å². The lowest BCUT2D eigenvalue weighted by molar-refractivity contribution is 0.319. The molecule has 0 aromatic heterocycles. The molecule has 2 radical (unpaired) electrons. The van der Waals surface area contributed by atoms with E-state index in [0.717, 1.165) is 0 Å². The molecule has 3 unspecified atom stereocenters. The van der Waals surface area contributed by atoms with Gasteiger partial charge >= 0.3 is 0 Å². The lowest BCUT2D eigenvalue weighted by Gasteiger charge is -2.36. The number of anilines is 1. The molecular weight excluding hydrogens is 398 g/mol. The van der Waals surface area contributed by atoms with E-state index in [9.17, 15) is 0 Å². The van der Waals surface area contributed by atoms with Crippen LogP contribution in [-0.2, 0) is 0 Å². The Kier molecular flexibility index (Phi) is 7.27. The predicted octanol–water partition coefficient (Wildman–Crippen LogP) is 9.38. The zero-order chi connectivity index (χ0) is 23.9. The van der Waals surface area contributed by atoms with E-state index in [0.29, 0.717) is 41.5 Å². The second-order valence-corrected chi connectivity index (χ2v) is 11.7. The van der Waals surface area contributed by atoms with Crippen LogP contribution in [0.2, 0.25) is 0 Å². The van der Waals surface area contributed by atoms with Crippen molar-refractivity contribution in [2.45, 2.75) is 117 Å². The number of hydrogen-bond acceptors (Lipinski definition) is 1. The standard InChI is InChI=1S/C32H45N/c1-20(2)24-14-11-15-25(21(3)4)31(24)29-19-33(30-18-10-9-13-28(29)30)32-26(22(5)6)16-12-17-27(32)23(7)8/h11-12,14-17,20-23,28-30H,9-10,13,18H2,1-8H3. The van der Waals surface area contributed by atoms with Crippen LogP contribution in [0.1, 0.15) is 138 Å². The van der Waals surface area contributed by atoms with E-state index >= 15 is 0 Å². The van der Waals surface area contributed by atoms with Gasteiger partial charge in [-0.3, -0.25) is 0 Å². The van der Waals surface area contributed by atoms with Crippen LogP contribution in [0.4, 0.5) is 5.69 Å². The van der Waals surface area contributed by atoms with Crippen molar-refractivity contribution < 1.29 is 0 Å². The van der Waals surface area contributed by atoms with E-state index in [1.807, 2.05) is 0 Å². The second-order valence-electron chi connectivity index (χ2n) is 11.7. The number of nitrogens with zero attached hydrogens (tertiary/aromatic N) is 1. The Hall–Kier alpha value is -1.76. The summed E-state index contributed by atoms with van der Waals surface area (Å²) >= 11 is 0. The van der Waals surface area contributed by atoms with Crippen LogP contribution in [0.5, 0.6) is 0 Å². The van der Waals surface area contributed by atoms with Crippen molar-refractivity contribution in [3.05, 3.63) is 70.8 Å². The third-order valence-electron chi connectivity index (χ3n) is 8.13. The highest BCUT2D eigenvalue weighted by Crippen LogP contribution is 2.53. The molecular formula is C32H45N. The van der Waals surface area contributed by atoms with Gasteiger partial charge in [0.25, 0.3) is 0 Å². The summed E-state index contributed by atoms with van der Waals surface area (Å²) < 4.78 is 0. The van der Waals surface area contributed by atoms with Gasteiger partial charge in [0.2, 0.25) is 0 Å². The number of para-hydroxylation sites is 1. The SMILES string of the molecule is CC(C)c1cccc(C(C)C)c1C1[C]N(c2c(C(C)C)cccc2C(C)C)C2CCCCC12. The topological polar surface area (TPSA) is 3.24 Å². The Morgan fingerprint density at radius 2 is 1.12 bits per heavy atom. The fourth-order valence-corrected chi connectivity index (χ4v) is 6.46. The molecule has 0 spiro atoms. The van der Waals surface area contributed by atoms with Crippen LogP contribution >= 0.6 is 0 Å². The smallest absolute Gasteiger partial charge is 0.0999 e. The molecule has 1 saturated heterocycles. The average molecular weight is 444 g/mol. The van der Waals surface area contributed by atoms with Gasteiger partial charge in [-0.25, -0.2) is 0 Å². The first kappa shape index (κ1) is 24.4. The molecule has 1 saturated carbocycles. The summed E-state index contributed by atoms with van der Waals surface area (Å²) in [5.41, 5.74) is 9.10. The van der Waals surface area contributed by atoms with E-state index in [-0.39, 0.29) is 0 Å². The Morgan fingerprint density at radius 3 is 1.61 bits per heavy atom. The van der Waals surface area contributed by atoms with Gasteiger partial charge in [-0.1, -0.05) is 105 Å². The van der Waals surface area contributed by atoms with Crippen LogP contribution in [0, 0.1) is 12.5 Å². The van der Waals surface area contributed by atoms with E-state index in [1.165, 1.54) is 53.6 Å². The molecule has 1 heteroatoms. The Labute approximate surface area is 204 Å². The highest BCUT2D eigenvalue weighted by Gasteiger charge is 2.47. The van der Waals surface area contributed by atoms with Crippen LogP contribution in [0.3, 0.4) is 0 Å². The summed E-state index contributed by atoms with van der Waals surface area (Å²) in [6.07, 6.45) is 5.31. The van der Waals surface area contributed by atoms with Crippen LogP contribution in [0.15, 0.2) is 36.4 Å². The van der Waals surface area contributed by atoms with E-state index in [4.69, 9.17) is 0 Å². The van der Waals surface area contributed by atoms with Gasteiger partial charge in [0.05, 0.1) is 6.54 Å². The summed E-state index contributed by atoms with van der Waals surface area (Å²) in [6, 6.07) is 14.6. The van der Waals surface area contributed by atoms with Crippen molar-refractivity contribution in [3.8, 4) is 0 Å². The number of hydrogen-bond donors (Lipinski definition) is 0. The van der Waals surface area contributed by atoms with Gasteiger partial charge in [-0.15, -0.1) is 0 Å². The maximum absolute atomic E-state index is 4.18. The predicted molar refractivity (Wildman–Crippen MR) is 143 cm³/mol. The highest BCUT2D eigenvalue weighted by atomic mass is 15.2. The van der Waals surface area contributed by atoms with Gasteiger partial charge in [-0.05, 0) is 70.2 Å². The highest BCUT2D eigenvalue weighted by molar-refractivity contribution is 5.66. The Balaban J connectivity index is 1.88. The Bertz CT molecular complexity index is 821. The molecule has 4 rings (SSSR count). The van der Waals surface area contributed by atoms with Gasteiger partial charge in [-0.2, -0.15) is 0 Å². The first-order valence-corrected chi connectivity index (χ1v) is 13.5. The van der Waals surface area contributed by atoms with Crippen LogP contribution in [0.25, 0.3) is 0 Å². The molecule has 3 atom stereocenters. The minimum absolute atomic E-state index is 0.395. The largest absolute Gasteiger partial charge is 0.356 e. The normalized spacial score (nSPS) is 23.3. The zero-order valence-electron chi connectivity index (χ0n) is 22.3. The van der Waals surface area contributed by atoms with Crippen molar-refractivity contribution in [1.29, 1.82) is 0 Å². The average Bonchev–Trinajstić information content (AvgIpc) is 3.16. The number of benzene rings is 2. The van der Waals surface area contributed by atoms with Crippen molar-refractivity contribution in [2.24, 2.45) is 5.92 Å². The molecule has 178 valence electrons. The fraction of sp³-hybridized carbons (Fsp3) is 0.594. The molecule has 1 nitrogen and oxygen atoms in total. The summed E-state index contributed by atoms with van der Waals surface area (Å²) in [7, 11) is 0. The summed E-state index contributed by atoms with van der Waals surface area (Å²) in [5.74, 6) is 3.14. The first-order valence-electron chi connectivity index (χ1n) is 13.5. The summed E-state index contributed by atoms with van der Waals surface area (Å²) in [6.45, 7) is 23.0. The van der Waals surface area contributed by atoms with Crippen molar-refractivity contribution in [3.63, 3.8) is 0 Å². The summed E-state index contributed by atoms with van der Waals surface area (Å²) in [4.78, 5) is 2.65. The van der Waals surface area contributed by atoms with Crippen LogP contribution < -0.4 is 4.90 Å². The van der Waals surface area contributed by atoms with Crippen molar-refractivity contribution in [1.82, 2.24) is 0 Å². The van der Waals surface area contributed by atoms with E-state index < -0.39 is 0 Å². The van der Waals surface area contributed by atoms with Crippen LogP contribution in [-0.4, -0.2) is 6.04 Å². The minimum atomic E-state index is 0.395. The molecule has 1 aliphatic heterocycles. The third-order valence-corrected chi connectivity index (χ3v) is 8.13. The molecule has 2 aromatic rings. The quantitative estimate of drug-likeness (QED) is 0.430. The molecule has 2 aromatic carbocycles. The molecule has 1 heterocycles. The molecule has 1 aliphatic carbocycles. The number of fused-ring (bicyclic) bond motifs is 1. The van der Waals surface area contributed by atoms with E-state index in [2.05, 4.69) is 103 Å². The monoisotopic (exact) mass is 443 g/mol. The number of rotatable bonds is 6.